The fourth-order valence-electron chi connectivity index (χ4n) is 3.38. The summed E-state index contributed by atoms with van der Waals surface area (Å²) in [5, 5.41) is 4.20. The lowest BCUT2D eigenvalue weighted by Crippen LogP contribution is -2.22. The number of fused-ring (bicyclic) bond motifs is 2. The summed E-state index contributed by atoms with van der Waals surface area (Å²) in [6.07, 6.45) is -4.65. The molecule has 1 aromatic carbocycles. The van der Waals surface area contributed by atoms with Crippen LogP contribution < -0.4 is 20.5 Å². The molecule has 0 fully saturated rings. The molecule has 0 aliphatic carbocycles. The number of benzene rings is 1. The number of carbonyl (C=O) groups is 1. The number of rotatable bonds is 4. The Morgan fingerprint density at radius 3 is 2.75 bits per heavy atom. The Hall–Kier alpha value is -3.31. The largest absolute Gasteiger partial charge is 0.454 e. The predicted molar refractivity (Wildman–Crippen MR) is 116 cm³/mol. The number of aromatic nitrogens is 1. The maximum Gasteiger partial charge on any atom is 0.417 e. The summed E-state index contributed by atoms with van der Waals surface area (Å²) in [5.74, 6) is 0.605. The van der Waals surface area contributed by atoms with Crippen LogP contribution >= 0.6 is 22.7 Å². The first kappa shape index (κ1) is 20.6. The highest BCUT2D eigenvalue weighted by Crippen LogP contribution is 2.44. The van der Waals surface area contributed by atoms with Gasteiger partial charge in [-0.1, -0.05) is 12.1 Å². The van der Waals surface area contributed by atoms with Crippen molar-refractivity contribution in [2.24, 2.45) is 0 Å². The van der Waals surface area contributed by atoms with Crippen molar-refractivity contribution in [1.82, 2.24) is 10.3 Å². The fourth-order valence-corrected chi connectivity index (χ4v) is 5.10. The minimum Gasteiger partial charge on any atom is -0.454 e. The minimum atomic E-state index is -4.65. The first-order valence-corrected chi connectivity index (χ1v) is 11.0. The van der Waals surface area contributed by atoms with Crippen molar-refractivity contribution in [3.63, 3.8) is 0 Å². The monoisotopic (exact) mass is 477 g/mol. The highest BCUT2D eigenvalue weighted by molar-refractivity contribution is 7.21. The smallest absolute Gasteiger partial charge is 0.417 e. The van der Waals surface area contributed by atoms with Gasteiger partial charge in [-0.2, -0.15) is 13.2 Å². The number of nitrogens with two attached hydrogens (primary N) is 1. The molecule has 32 heavy (non-hydrogen) atoms. The lowest BCUT2D eigenvalue weighted by atomic mass is 10.1. The number of anilines is 1. The summed E-state index contributed by atoms with van der Waals surface area (Å²) in [6, 6.07) is 9.62. The van der Waals surface area contributed by atoms with Crippen LogP contribution in [0.15, 0.2) is 41.8 Å². The maximum atomic E-state index is 13.8. The van der Waals surface area contributed by atoms with E-state index in [1.807, 2.05) is 0 Å². The van der Waals surface area contributed by atoms with Gasteiger partial charge in [0.25, 0.3) is 5.91 Å². The van der Waals surface area contributed by atoms with E-state index < -0.39 is 17.6 Å². The molecule has 164 valence electrons. The van der Waals surface area contributed by atoms with E-state index in [4.69, 9.17) is 15.2 Å². The standard InChI is InChI=1S/C21H14F3N3O3S2/c22-21(23,24)11-7-12(15-2-1-5-31-15)27-20-16(11)17(25)18(32-20)19(28)26-8-10-3-4-13-14(6-10)30-9-29-13/h1-7H,8-9,25H2,(H,26,28). The topological polar surface area (TPSA) is 86.5 Å². The molecule has 4 aromatic rings. The number of carbonyl (C=O) groups excluding carboxylic acids is 1. The minimum absolute atomic E-state index is 0.0120. The molecule has 0 unspecified atom stereocenters. The Morgan fingerprint density at radius 2 is 2.00 bits per heavy atom. The van der Waals surface area contributed by atoms with E-state index in [0.717, 1.165) is 23.0 Å². The molecule has 5 rings (SSSR count). The quantitative estimate of drug-likeness (QED) is 0.417. The lowest BCUT2D eigenvalue weighted by molar-refractivity contribution is -0.136. The highest BCUT2D eigenvalue weighted by atomic mass is 32.1. The van der Waals surface area contributed by atoms with E-state index in [1.54, 1.807) is 35.7 Å². The average molecular weight is 477 g/mol. The van der Waals surface area contributed by atoms with Gasteiger partial charge in [0.1, 0.15) is 9.71 Å². The third kappa shape index (κ3) is 3.63. The molecule has 1 aliphatic rings. The van der Waals surface area contributed by atoms with Crippen molar-refractivity contribution in [2.75, 3.05) is 12.5 Å². The zero-order chi connectivity index (χ0) is 22.5. The molecule has 1 amide bonds. The lowest BCUT2D eigenvalue weighted by Gasteiger charge is -2.10. The molecule has 0 atom stereocenters. The molecule has 6 nitrogen and oxygen atoms in total. The highest BCUT2D eigenvalue weighted by Gasteiger charge is 2.36. The molecule has 0 saturated carbocycles. The molecule has 0 spiro atoms. The number of amides is 1. The number of pyridine rings is 1. The van der Waals surface area contributed by atoms with E-state index in [0.29, 0.717) is 16.4 Å². The average Bonchev–Trinajstić information content (AvgIpc) is 3.50. The van der Waals surface area contributed by atoms with Gasteiger partial charge >= 0.3 is 6.18 Å². The molecule has 11 heteroatoms. The van der Waals surface area contributed by atoms with Gasteiger partial charge in [-0.15, -0.1) is 22.7 Å². The number of nitrogens with zero attached hydrogens (tertiary/aromatic N) is 1. The van der Waals surface area contributed by atoms with Crippen LogP contribution in [0.4, 0.5) is 18.9 Å². The van der Waals surface area contributed by atoms with Crippen LogP contribution in [0.5, 0.6) is 11.5 Å². The molecule has 4 heterocycles. The molecule has 0 radical (unpaired) electrons. The fraction of sp³-hybridized carbons (Fsp3) is 0.143. The van der Waals surface area contributed by atoms with Gasteiger partial charge in [0.2, 0.25) is 6.79 Å². The third-order valence-electron chi connectivity index (χ3n) is 4.87. The van der Waals surface area contributed by atoms with E-state index >= 15 is 0 Å². The van der Waals surface area contributed by atoms with Crippen molar-refractivity contribution < 1.29 is 27.4 Å². The van der Waals surface area contributed by atoms with Crippen LogP contribution in [0, 0.1) is 0 Å². The molecular formula is C21H14F3N3O3S2. The number of nitrogens with one attached hydrogen (secondary N) is 1. The molecule has 1 aliphatic heterocycles. The maximum absolute atomic E-state index is 13.8. The van der Waals surface area contributed by atoms with Gasteiger partial charge in [0.15, 0.2) is 11.5 Å². The predicted octanol–water partition coefficient (Wildman–Crippen LogP) is 5.28. The zero-order valence-corrected chi connectivity index (χ0v) is 17.8. The van der Waals surface area contributed by atoms with Crippen LogP contribution in [0.25, 0.3) is 20.8 Å². The van der Waals surface area contributed by atoms with Gasteiger partial charge in [0.05, 0.1) is 21.8 Å². The van der Waals surface area contributed by atoms with Gasteiger partial charge in [0, 0.05) is 11.9 Å². The number of thiophene rings is 2. The van der Waals surface area contributed by atoms with Gasteiger partial charge < -0.3 is 20.5 Å². The summed E-state index contributed by atoms with van der Waals surface area (Å²) < 4.78 is 52.0. The summed E-state index contributed by atoms with van der Waals surface area (Å²) >= 11 is 2.12. The zero-order valence-electron chi connectivity index (χ0n) is 16.2. The molecule has 3 aromatic heterocycles. The number of nitrogen functional groups attached to an aromatic ring is 1. The Labute approximate surface area is 187 Å². The Bertz CT molecular complexity index is 1330. The van der Waals surface area contributed by atoms with Gasteiger partial charge in [-0.3, -0.25) is 4.79 Å². The van der Waals surface area contributed by atoms with Crippen molar-refractivity contribution in [3.8, 4) is 22.1 Å². The molecule has 0 bridgehead atoms. The van der Waals surface area contributed by atoms with Crippen LogP contribution in [-0.2, 0) is 12.7 Å². The van der Waals surface area contributed by atoms with Crippen molar-refractivity contribution in [3.05, 3.63) is 57.8 Å². The number of ether oxygens (including phenoxy) is 2. The van der Waals surface area contributed by atoms with Gasteiger partial charge in [-0.25, -0.2) is 4.98 Å². The summed E-state index contributed by atoms with van der Waals surface area (Å²) in [4.78, 5) is 17.8. The summed E-state index contributed by atoms with van der Waals surface area (Å²) in [7, 11) is 0. The Morgan fingerprint density at radius 1 is 1.19 bits per heavy atom. The molecule has 3 N–H and O–H groups in total. The van der Waals surface area contributed by atoms with E-state index in [2.05, 4.69) is 10.3 Å². The van der Waals surface area contributed by atoms with Crippen LogP contribution in [-0.4, -0.2) is 17.7 Å². The van der Waals surface area contributed by atoms with Crippen LogP contribution in [0.1, 0.15) is 20.8 Å². The third-order valence-corrected chi connectivity index (χ3v) is 6.86. The number of halogens is 3. The van der Waals surface area contributed by atoms with Gasteiger partial charge in [-0.05, 0) is 35.2 Å². The van der Waals surface area contributed by atoms with Crippen molar-refractivity contribution >= 4 is 44.5 Å². The first-order chi connectivity index (χ1) is 15.3. The van der Waals surface area contributed by atoms with Crippen molar-refractivity contribution in [2.45, 2.75) is 12.7 Å². The summed E-state index contributed by atoms with van der Waals surface area (Å²) in [5.41, 5.74) is 5.82. The van der Waals surface area contributed by atoms with E-state index in [-0.39, 0.29) is 39.8 Å². The Balaban J connectivity index is 1.48. The SMILES string of the molecule is Nc1c(C(=O)NCc2ccc3c(c2)OCO3)sc2nc(-c3cccs3)cc(C(F)(F)F)c12. The summed E-state index contributed by atoms with van der Waals surface area (Å²) in [6.45, 7) is 0.272. The first-order valence-electron chi connectivity index (χ1n) is 9.32. The second-order valence-corrected chi connectivity index (χ2v) is 8.87. The second kappa shape index (κ2) is 7.68. The van der Waals surface area contributed by atoms with Crippen molar-refractivity contribution in [1.29, 1.82) is 0 Å². The normalized spacial score (nSPS) is 13.0. The van der Waals surface area contributed by atoms with Crippen LogP contribution in [0.2, 0.25) is 0 Å². The molecule has 0 saturated heterocycles. The number of hydrogen-bond donors (Lipinski definition) is 2. The van der Waals surface area contributed by atoms with E-state index in [1.165, 1.54) is 11.3 Å². The number of hydrogen-bond acceptors (Lipinski definition) is 7. The molecular weight excluding hydrogens is 463 g/mol. The Kier molecular flexibility index (Phi) is 4.94. The van der Waals surface area contributed by atoms with E-state index in [9.17, 15) is 18.0 Å². The number of alkyl halides is 3. The van der Waals surface area contributed by atoms with Crippen LogP contribution in [0.3, 0.4) is 0 Å². The second-order valence-electron chi connectivity index (χ2n) is 6.93.